The zero-order chi connectivity index (χ0) is 14.0. The van der Waals surface area contributed by atoms with Gasteiger partial charge in [-0.25, -0.2) is 0 Å². The Morgan fingerprint density at radius 3 is 2.74 bits per heavy atom. The second-order valence-corrected chi connectivity index (χ2v) is 5.26. The molecule has 1 aromatic carbocycles. The summed E-state index contributed by atoms with van der Waals surface area (Å²) in [4.78, 5) is 11.0. The third-order valence-corrected chi connectivity index (χ3v) is 3.56. The van der Waals surface area contributed by atoms with E-state index in [9.17, 15) is 4.79 Å². The summed E-state index contributed by atoms with van der Waals surface area (Å²) >= 11 is 6.12. The van der Waals surface area contributed by atoms with Crippen LogP contribution < -0.4 is 9.47 Å². The Kier molecular flexibility index (Phi) is 4.20. The molecule has 1 N–H and O–H groups in total. The fourth-order valence-electron chi connectivity index (χ4n) is 1.78. The van der Waals surface area contributed by atoms with Crippen molar-refractivity contribution < 1.29 is 19.4 Å². The summed E-state index contributed by atoms with van der Waals surface area (Å²) in [5.41, 5.74) is 0.615. The quantitative estimate of drug-likeness (QED) is 0.870. The molecule has 0 saturated heterocycles. The minimum Gasteiger partial charge on any atom is -0.491 e. The Hall–Kier alpha value is -1.42. The van der Waals surface area contributed by atoms with Gasteiger partial charge in [-0.15, -0.1) is 0 Å². The second-order valence-electron chi connectivity index (χ2n) is 4.85. The van der Waals surface area contributed by atoms with Crippen LogP contribution in [0.3, 0.4) is 0 Å². The number of hydrogen-bond donors (Lipinski definition) is 1. The maximum atomic E-state index is 11.0. The number of ether oxygens (including phenoxy) is 2. The summed E-state index contributed by atoms with van der Waals surface area (Å²) in [6.07, 6.45) is 2.36. The topological polar surface area (TPSA) is 55.8 Å². The summed E-state index contributed by atoms with van der Waals surface area (Å²) < 4.78 is 10.9. The predicted molar refractivity (Wildman–Crippen MR) is 72.3 cm³/mol. The third kappa shape index (κ3) is 3.32. The van der Waals surface area contributed by atoms with Crippen molar-refractivity contribution >= 4 is 17.6 Å². The molecule has 19 heavy (non-hydrogen) atoms. The van der Waals surface area contributed by atoms with E-state index < -0.39 is 11.9 Å². The predicted octanol–water partition coefficient (Wildman–Crippen LogP) is 3.33. The standard InChI is InChI=1S/C14H17ClO4/c1-8(14(16)17)10-5-11(15)13(18-2)12(6-10)19-7-9-3-4-9/h5-6,8-9H,3-4,7H2,1-2H3,(H,16,17). The molecular formula is C14H17ClO4. The lowest BCUT2D eigenvalue weighted by atomic mass is 10.0. The highest BCUT2D eigenvalue weighted by atomic mass is 35.5. The van der Waals surface area contributed by atoms with E-state index in [2.05, 4.69) is 0 Å². The van der Waals surface area contributed by atoms with Crippen LogP contribution in [0.4, 0.5) is 0 Å². The van der Waals surface area contributed by atoms with E-state index in [1.807, 2.05) is 0 Å². The molecule has 1 saturated carbocycles. The van der Waals surface area contributed by atoms with E-state index in [0.717, 1.165) is 0 Å². The molecule has 1 aliphatic carbocycles. The van der Waals surface area contributed by atoms with Gasteiger partial charge < -0.3 is 14.6 Å². The van der Waals surface area contributed by atoms with E-state index in [-0.39, 0.29) is 0 Å². The van der Waals surface area contributed by atoms with Gasteiger partial charge in [0.25, 0.3) is 0 Å². The average Bonchev–Trinajstić information content (AvgIpc) is 3.18. The number of halogens is 1. The Bertz CT molecular complexity index is 483. The first-order valence-electron chi connectivity index (χ1n) is 6.26. The number of hydrogen-bond acceptors (Lipinski definition) is 3. The fraction of sp³-hybridized carbons (Fsp3) is 0.500. The van der Waals surface area contributed by atoms with E-state index in [4.69, 9.17) is 26.2 Å². The van der Waals surface area contributed by atoms with Gasteiger partial charge in [0.2, 0.25) is 0 Å². The summed E-state index contributed by atoms with van der Waals surface area (Å²) in [6, 6.07) is 3.31. The zero-order valence-corrected chi connectivity index (χ0v) is 11.7. The number of aliphatic carboxylic acids is 1. The van der Waals surface area contributed by atoms with Crippen LogP contribution >= 0.6 is 11.6 Å². The maximum Gasteiger partial charge on any atom is 0.310 e. The van der Waals surface area contributed by atoms with Crippen molar-refractivity contribution in [3.05, 3.63) is 22.7 Å². The van der Waals surface area contributed by atoms with Crippen molar-refractivity contribution in [2.75, 3.05) is 13.7 Å². The number of carbonyl (C=O) groups is 1. The van der Waals surface area contributed by atoms with Crippen molar-refractivity contribution in [1.82, 2.24) is 0 Å². The Morgan fingerprint density at radius 1 is 1.53 bits per heavy atom. The number of rotatable bonds is 6. The molecule has 0 amide bonds. The van der Waals surface area contributed by atoms with Crippen molar-refractivity contribution in [1.29, 1.82) is 0 Å². The third-order valence-electron chi connectivity index (χ3n) is 3.28. The van der Waals surface area contributed by atoms with Crippen LogP contribution in [0.25, 0.3) is 0 Å². The van der Waals surface area contributed by atoms with Crippen molar-refractivity contribution in [2.24, 2.45) is 5.92 Å². The molecule has 1 unspecified atom stereocenters. The smallest absolute Gasteiger partial charge is 0.310 e. The van der Waals surface area contributed by atoms with Crippen molar-refractivity contribution in [2.45, 2.75) is 25.7 Å². The van der Waals surface area contributed by atoms with Gasteiger partial charge in [0.15, 0.2) is 11.5 Å². The highest BCUT2D eigenvalue weighted by molar-refractivity contribution is 6.32. The molecule has 1 aromatic rings. The molecule has 0 bridgehead atoms. The monoisotopic (exact) mass is 284 g/mol. The molecule has 5 heteroatoms. The van der Waals surface area contributed by atoms with Gasteiger partial charge in [0.05, 0.1) is 24.7 Å². The Labute approximate surface area is 117 Å². The number of methoxy groups -OCH3 is 1. The average molecular weight is 285 g/mol. The minimum atomic E-state index is -0.894. The van der Waals surface area contributed by atoms with Crippen LogP contribution in [0, 0.1) is 5.92 Å². The van der Waals surface area contributed by atoms with Gasteiger partial charge in [-0.3, -0.25) is 4.79 Å². The first-order valence-corrected chi connectivity index (χ1v) is 6.63. The Balaban J connectivity index is 2.28. The normalized spacial score (nSPS) is 15.9. The molecule has 0 aromatic heterocycles. The van der Waals surface area contributed by atoms with E-state index >= 15 is 0 Å². The molecule has 4 nitrogen and oxygen atoms in total. The van der Waals surface area contributed by atoms with Crippen LogP contribution in [0.15, 0.2) is 12.1 Å². The summed E-state index contributed by atoms with van der Waals surface area (Å²) in [6.45, 7) is 2.24. The van der Waals surface area contributed by atoms with Crippen LogP contribution in [-0.2, 0) is 4.79 Å². The molecule has 1 fully saturated rings. The number of carboxylic acids is 1. The van der Waals surface area contributed by atoms with Crippen molar-refractivity contribution in [3.63, 3.8) is 0 Å². The first kappa shape index (κ1) is 14.0. The van der Waals surface area contributed by atoms with Gasteiger partial charge in [0.1, 0.15) is 0 Å². The maximum absolute atomic E-state index is 11.0. The van der Waals surface area contributed by atoms with Crippen LogP contribution in [-0.4, -0.2) is 24.8 Å². The van der Waals surface area contributed by atoms with Crippen LogP contribution in [0.2, 0.25) is 5.02 Å². The van der Waals surface area contributed by atoms with E-state index in [1.165, 1.54) is 20.0 Å². The summed E-state index contributed by atoms with van der Waals surface area (Å²) in [7, 11) is 1.52. The number of benzene rings is 1. The first-order chi connectivity index (χ1) is 9.02. The van der Waals surface area contributed by atoms with Gasteiger partial charge >= 0.3 is 5.97 Å². The lowest BCUT2D eigenvalue weighted by molar-refractivity contribution is -0.138. The zero-order valence-electron chi connectivity index (χ0n) is 11.0. The minimum absolute atomic E-state index is 0.374. The van der Waals surface area contributed by atoms with Gasteiger partial charge in [-0.1, -0.05) is 11.6 Å². The van der Waals surface area contributed by atoms with E-state index in [1.54, 1.807) is 19.1 Å². The molecule has 104 valence electrons. The molecule has 1 atom stereocenters. The molecular weight excluding hydrogens is 268 g/mol. The molecule has 0 heterocycles. The molecule has 0 spiro atoms. The fourth-order valence-corrected chi connectivity index (χ4v) is 2.07. The van der Waals surface area contributed by atoms with Crippen LogP contribution in [0.1, 0.15) is 31.2 Å². The molecule has 1 aliphatic rings. The Morgan fingerprint density at radius 2 is 2.21 bits per heavy atom. The lowest BCUT2D eigenvalue weighted by Gasteiger charge is -2.15. The SMILES string of the molecule is COc1c(Cl)cc(C(C)C(=O)O)cc1OCC1CC1. The number of carboxylic acid groups (broad SMARTS) is 1. The van der Waals surface area contributed by atoms with Gasteiger partial charge in [0, 0.05) is 0 Å². The van der Waals surface area contributed by atoms with Crippen LogP contribution in [0.5, 0.6) is 11.5 Å². The highest BCUT2D eigenvalue weighted by Gasteiger charge is 2.24. The largest absolute Gasteiger partial charge is 0.491 e. The molecule has 0 radical (unpaired) electrons. The summed E-state index contributed by atoms with van der Waals surface area (Å²) in [5.74, 6) is 0.0544. The van der Waals surface area contributed by atoms with Gasteiger partial charge in [-0.05, 0) is 43.4 Å². The van der Waals surface area contributed by atoms with Gasteiger partial charge in [-0.2, -0.15) is 0 Å². The highest BCUT2D eigenvalue weighted by Crippen LogP contribution is 2.39. The van der Waals surface area contributed by atoms with E-state index in [0.29, 0.717) is 34.6 Å². The van der Waals surface area contributed by atoms with Crippen molar-refractivity contribution in [3.8, 4) is 11.5 Å². The molecule has 2 rings (SSSR count). The molecule has 0 aliphatic heterocycles. The second kappa shape index (κ2) is 5.70. The lowest BCUT2D eigenvalue weighted by Crippen LogP contribution is -2.09. The summed E-state index contributed by atoms with van der Waals surface area (Å²) in [5, 5.41) is 9.43.